The second kappa shape index (κ2) is 6.00. The average molecular weight is 269 g/mol. The van der Waals surface area contributed by atoms with Gasteiger partial charge in [-0.3, -0.25) is 0 Å². The Hall–Kier alpha value is -1.96. The summed E-state index contributed by atoms with van der Waals surface area (Å²) in [6.07, 6.45) is 0. The van der Waals surface area contributed by atoms with E-state index in [1.54, 1.807) is 7.11 Å². The molecule has 0 aromatic heterocycles. The van der Waals surface area contributed by atoms with Crippen molar-refractivity contribution in [2.24, 2.45) is 0 Å². The lowest BCUT2D eigenvalue weighted by Gasteiger charge is -2.19. The van der Waals surface area contributed by atoms with Gasteiger partial charge in [0.05, 0.1) is 13.2 Å². The molecule has 0 radical (unpaired) electrons. The highest BCUT2D eigenvalue weighted by atomic mass is 16.5. The molecule has 0 spiro atoms. The van der Waals surface area contributed by atoms with Crippen LogP contribution in [0.1, 0.15) is 35.2 Å². The molecular weight excluding hydrogens is 246 g/mol. The van der Waals surface area contributed by atoms with Crippen molar-refractivity contribution < 1.29 is 4.74 Å². The van der Waals surface area contributed by atoms with E-state index in [-0.39, 0.29) is 6.04 Å². The molecule has 1 atom stereocenters. The number of benzene rings is 2. The lowest BCUT2D eigenvalue weighted by Crippen LogP contribution is -2.08. The van der Waals surface area contributed by atoms with Gasteiger partial charge in [-0.2, -0.15) is 0 Å². The topological polar surface area (TPSA) is 21.3 Å². The highest BCUT2D eigenvalue weighted by molar-refractivity contribution is 5.51. The van der Waals surface area contributed by atoms with Crippen molar-refractivity contribution in [3.05, 3.63) is 58.7 Å². The largest absolute Gasteiger partial charge is 0.496 e. The molecule has 0 fully saturated rings. The lowest BCUT2D eigenvalue weighted by molar-refractivity contribution is 0.407. The summed E-state index contributed by atoms with van der Waals surface area (Å²) in [5.74, 6) is 0.939. The van der Waals surface area contributed by atoms with E-state index in [0.717, 1.165) is 11.4 Å². The van der Waals surface area contributed by atoms with Gasteiger partial charge in [-0.25, -0.2) is 0 Å². The van der Waals surface area contributed by atoms with E-state index in [0.29, 0.717) is 0 Å². The fraction of sp³-hybridized carbons (Fsp3) is 0.333. The molecule has 106 valence electrons. The Morgan fingerprint density at radius 1 is 0.950 bits per heavy atom. The molecular formula is C18H23NO. The molecule has 1 N–H and O–H groups in total. The van der Waals surface area contributed by atoms with Crippen LogP contribution in [0.15, 0.2) is 36.4 Å². The number of aryl methyl sites for hydroxylation is 3. The summed E-state index contributed by atoms with van der Waals surface area (Å²) in [7, 11) is 1.72. The number of hydrogen-bond acceptors (Lipinski definition) is 2. The quantitative estimate of drug-likeness (QED) is 0.861. The van der Waals surface area contributed by atoms with Crippen LogP contribution in [0.3, 0.4) is 0 Å². The third kappa shape index (κ3) is 3.13. The summed E-state index contributed by atoms with van der Waals surface area (Å²) >= 11 is 0. The van der Waals surface area contributed by atoms with Crippen molar-refractivity contribution in [3.8, 4) is 5.75 Å². The molecule has 2 aromatic rings. The van der Waals surface area contributed by atoms with E-state index in [9.17, 15) is 0 Å². The predicted molar refractivity (Wildman–Crippen MR) is 85.7 cm³/mol. The Balaban J connectivity index is 2.23. The molecule has 0 aliphatic heterocycles. The molecule has 0 amide bonds. The van der Waals surface area contributed by atoms with Crippen LogP contribution >= 0.6 is 0 Å². The number of hydrogen-bond donors (Lipinski definition) is 1. The first-order valence-electron chi connectivity index (χ1n) is 6.99. The molecule has 0 saturated carbocycles. The van der Waals surface area contributed by atoms with Gasteiger partial charge in [0.1, 0.15) is 5.75 Å². The van der Waals surface area contributed by atoms with Gasteiger partial charge in [0, 0.05) is 11.3 Å². The molecule has 0 saturated heterocycles. The second-order valence-electron chi connectivity index (χ2n) is 5.41. The van der Waals surface area contributed by atoms with Crippen LogP contribution in [0.2, 0.25) is 0 Å². The van der Waals surface area contributed by atoms with Crippen molar-refractivity contribution >= 4 is 5.69 Å². The summed E-state index contributed by atoms with van der Waals surface area (Å²) in [4.78, 5) is 0. The van der Waals surface area contributed by atoms with Crippen molar-refractivity contribution in [2.75, 3.05) is 12.4 Å². The fourth-order valence-electron chi connectivity index (χ4n) is 2.34. The fourth-order valence-corrected chi connectivity index (χ4v) is 2.34. The van der Waals surface area contributed by atoms with E-state index in [4.69, 9.17) is 4.74 Å². The third-order valence-corrected chi connectivity index (χ3v) is 3.75. The molecule has 2 heteroatoms. The first kappa shape index (κ1) is 14.4. The van der Waals surface area contributed by atoms with Crippen LogP contribution in [-0.4, -0.2) is 7.11 Å². The average Bonchev–Trinajstić information content (AvgIpc) is 2.42. The van der Waals surface area contributed by atoms with E-state index in [1.807, 2.05) is 0 Å². The Labute approximate surface area is 121 Å². The van der Waals surface area contributed by atoms with Crippen molar-refractivity contribution in [3.63, 3.8) is 0 Å². The zero-order valence-corrected chi connectivity index (χ0v) is 12.9. The highest BCUT2D eigenvalue weighted by Gasteiger charge is 2.11. The minimum atomic E-state index is 0.202. The Morgan fingerprint density at radius 3 is 2.35 bits per heavy atom. The summed E-state index contributed by atoms with van der Waals surface area (Å²) in [5, 5.41) is 3.54. The lowest BCUT2D eigenvalue weighted by atomic mass is 10.0. The minimum absolute atomic E-state index is 0.202. The maximum atomic E-state index is 5.49. The number of methoxy groups -OCH3 is 1. The molecule has 2 aromatic carbocycles. The van der Waals surface area contributed by atoms with Gasteiger partial charge in [-0.1, -0.05) is 18.2 Å². The van der Waals surface area contributed by atoms with Gasteiger partial charge < -0.3 is 10.1 Å². The molecule has 2 nitrogen and oxygen atoms in total. The third-order valence-electron chi connectivity index (χ3n) is 3.75. The van der Waals surface area contributed by atoms with Crippen LogP contribution in [-0.2, 0) is 0 Å². The Bertz CT molecular complexity index is 604. The van der Waals surface area contributed by atoms with E-state index in [1.165, 1.54) is 22.3 Å². The van der Waals surface area contributed by atoms with Crippen LogP contribution < -0.4 is 10.1 Å². The van der Waals surface area contributed by atoms with Crippen LogP contribution in [0.5, 0.6) is 5.75 Å². The second-order valence-corrected chi connectivity index (χ2v) is 5.41. The summed E-state index contributed by atoms with van der Waals surface area (Å²) in [5.41, 5.74) is 6.15. The summed E-state index contributed by atoms with van der Waals surface area (Å²) in [6, 6.07) is 13.0. The smallest absolute Gasteiger partial charge is 0.124 e. The van der Waals surface area contributed by atoms with Gasteiger partial charge in [0.2, 0.25) is 0 Å². The maximum absolute atomic E-state index is 5.49. The predicted octanol–water partition coefficient (Wildman–Crippen LogP) is 4.79. The minimum Gasteiger partial charge on any atom is -0.496 e. The van der Waals surface area contributed by atoms with Gasteiger partial charge >= 0.3 is 0 Å². The van der Waals surface area contributed by atoms with Gasteiger partial charge in [-0.15, -0.1) is 0 Å². The van der Waals surface area contributed by atoms with E-state index < -0.39 is 0 Å². The monoisotopic (exact) mass is 269 g/mol. The van der Waals surface area contributed by atoms with Gasteiger partial charge in [-0.05, 0) is 62.6 Å². The van der Waals surface area contributed by atoms with Gasteiger partial charge in [0.25, 0.3) is 0 Å². The van der Waals surface area contributed by atoms with Crippen LogP contribution in [0.4, 0.5) is 5.69 Å². The maximum Gasteiger partial charge on any atom is 0.124 e. The number of rotatable bonds is 4. The standard InChI is InChI=1S/C18H23NO/c1-12-6-9-17(18(10-12)20-5)15(4)19-16-8-7-13(2)14(3)11-16/h6-11,15,19H,1-5H3. The van der Waals surface area contributed by atoms with Gasteiger partial charge in [0.15, 0.2) is 0 Å². The first-order chi connectivity index (χ1) is 9.51. The molecule has 0 aliphatic carbocycles. The van der Waals surface area contributed by atoms with Crippen LogP contribution in [0.25, 0.3) is 0 Å². The molecule has 0 bridgehead atoms. The Morgan fingerprint density at radius 2 is 1.70 bits per heavy atom. The normalized spacial score (nSPS) is 12.1. The van der Waals surface area contributed by atoms with Crippen molar-refractivity contribution in [1.29, 1.82) is 0 Å². The number of anilines is 1. The summed E-state index contributed by atoms with van der Waals surface area (Å²) in [6.45, 7) is 8.50. The number of nitrogens with one attached hydrogen (secondary N) is 1. The summed E-state index contributed by atoms with van der Waals surface area (Å²) < 4.78 is 5.49. The van der Waals surface area contributed by atoms with E-state index >= 15 is 0 Å². The molecule has 0 heterocycles. The van der Waals surface area contributed by atoms with E-state index in [2.05, 4.69) is 69.4 Å². The van der Waals surface area contributed by atoms with Crippen LogP contribution in [0, 0.1) is 20.8 Å². The van der Waals surface area contributed by atoms with Crippen molar-refractivity contribution in [2.45, 2.75) is 33.7 Å². The molecule has 2 rings (SSSR count). The molecule has 0 aliphatic rings. The Kier molecular flexibility index (Phi) is 4.33. The first-order valence-corrected chi connectivity index (χ1v) is 6.99. The highest BCUT2D eigenvalue weighted by Crippen LogP contribution is 2.29. The number of ether oxygens (including phenoxy) is 1. The SMILES string of the molecule is COc1cc(C)ccc1C(C)Nc1ccc(C)c(C)c1. The molecule has 20 heavy (non-hydrogen) atoms. The zero-order valence-electron chi connectivity index (χ0n) is 12.9. The van der Waals surface area contributed by atoms with Crippen molar-refractivity contribution in [1.82, 2.24) is 0 Å². The zero-order chi connectivity index (χ0) is 14.7. The molecule has 1 unspecified atom stereocenters.